The third kappa shape index (κ3) is 5.47. The van der Waals surface area contributed by atoms with Crippen molar-refractivity contribution in [1.82, 2.24) is 9.55 Å². The van der Waals surface area contributed by atoms with Gasteiger partial charge in [0.05, 0.1) is 12.3 Å². The van der Waals surface area contributed by atoms with Crippen molar-refractivity contribution in [3.8, 4) is 0 Å². The van der Waals surface area contributed by atoms with E-state index in [-0.39, 0.29) is 12.5 Å². The van der Waals surface area contributed by atoms with Gasteiger partial charge in [0.2, 0.25) is 0 Å². The van der Waals surface area contributed by atoms with Crippen LogP contribution in [-0.4, -0.2) is 22.3 Å². The molecule has 2 aromatic rings. The first-order valence-electron chi connectivity index (χ1n) is 9.49. The number of imidazole rings is 1. The third-order valence-corrected chi connectivity index (χ3v) is 5.64. The van der Waals surface area contributed by atoms with Gasteiger partial charge in [-0.2, -0.15) is 0 Å². The van der Waals surface area contributed by atoms with E-state index in [1.165, 1.54) is 36.7 Å². The first-order chi connectivity index (χ1) is 13.3. The molecule has 28 heavy (non-hydrogen) atoms. The van der Waals surface area contributed by atoms with E-state index in [0.29, 0.717) is 23.7 Å². The number of ether oxygens (including phenoxy) is 1. The summed E-state index contributed by atoms with van der Waals surface area (Å²) in [6, 6.07) is 3.55. The molecule has 5 nitrogen and oxygen atoms in total. The summed E-state index contributed by atoms with van der Waals surface area (Å²) in [6.07, 6.45) is 2.82. The van der Waals surface area contributed by atoms with E-state index in [4.69, 9.17) is 15.5 Å². The van der Waals surface area contributed by atoms with E-state index in [9.17, 15) is 13.6 Å². The van der Waals surface area contributed by atoms with Gasteiger partial charge in [-0.3, -0.25) is 0 Å². The van der Waals surface area contributed by atoms with Crippen LogP contribution in [0, 0.1) is 17.6 Å². The minimum atomic E-state index is -0.784. The normalized spacial score (nSPS) is 13.9. The fourth-order valence-corrected chi connectivity index (χ4v) is 4.27. The number of hydrogen-bond donors (Lipinski definition) is 1. The number of nitrogens with zero attached hydrogens (tertiary/aromatic N) is 2. The van der Waals surface area contributed by atoms with Crippen LogP contribution in [0.2, 0.25) is 0 Å². The van der Waals surface area contributed by atoms with Gasteiger partial charge < -0.3 is 15.0 Å². The first-order valence-corrected chi connectivity index (χ1v) is 10.3. The second kappa shape index (κ2) is 8.94. The summed E-state index contributed by atoms with van der Waals surface area (Å²) < 4.78 is 34.3. The Bertz CT molecular complexity index is 830. The predicted molar refractivity (Wildman–Crippen MR) is 103 cm³/mol. The molecule has 1 aromatic carbocycles. The highest BCUT2D eigenvalue weighted by molar-refractivity contribution is 7.99. The molecule has 1 fully saturated rings. The summed E-state index contributed by atoms with van der Waals surface area (Å²) >= 11 is 1.35. The highest BCUT2D eigenvalue weighted by Gasteiger charge is 2.27. The zero-order valence-electron chi connectivity index (χ0n) is 16.1. The van der Waals surface area contributed by atoms with Gasteiger partial charge in [0.15, 0.2) is 0 Å². The molecule has 0 spiro atoms. The van der Waals surface area contributed by atoms with Crippen LogP contribution < -0.4 is 5.73 Å². The van der Waals surface area contributed by atoms with E-state index >= 15 is 0 Å². The molecule has 1 heterocycles. The Labute approximate surface area is 167 Å². The number of primary amides is 1. The Morgan fingerprint density at radius 3 is 2.57 bits per heavy atom. The van der Waals surface area contributed by atoms with Gasteiger partial charge >= 0.3 is 6.09 Å². The van der Waals surface area contributed by atoms with E-state index in [0.717, 1.165) is 29.2 Å². The summed E-state index contributed by atoms with van der Waals surface area (Å²) in [6.45, 7) is 5.19. The Morgan fingerprint density at radius 2 is 2.00 bits per heavy atom. The highest BCUT2D eigenvalue weighted by Crippen LogP contribution is 2.39. The van der Waals surface area contributed by atoms with Crippen molar-refractivity contribution >= 4 is 17.9 Å². The van der Waals surface area contributed by atoms with Crippen LogP contribution in [-0.2, 0) is 17.7 Å². The number of carbonyl (C=O) groups excluding carboxylic acids is 1. The molecule has 0 saturated heterocycles. The van der Waals surface area contributed by atoms with Gasteiger partial charge in [-0.1, -0.05) is 25.6 Å². The number of aryl methyl sites for hydroxylation is 1. The van der Waals surface area contributed by atoms with Gasteiger partial charge in [0.1, 0.15) is 22.5 Å². The molecule has 3 rings (SSSR count). The van der Waals surface area contributed by atoms with Crippen molar-refractivity contribution < 1.29 is 18.3 Å². The van der Waals surface area contributed by atoms with Crippen LogP contribution in [0.5, 0.6) is 0 Å². The Morgan fingerprint density at radius 1 is 1.32 bits per heavy atom. The number of halogens is 2. The summed E-state index contributed by atoms with van der Waals surface area (Å²) in [7, 11) is 0. The molecule has 0 radical (unpaired) electrons. The first kappa shape index (κ1) is 20.6. The number of rotatable bonds is 9. The number of benzene rings is 1. The Kier molecular flexibility index (Phi) is 6.59. The van der Waals surface area contributed by atoms with Gasteiger partial charge in [-0.05, 0) is 43.2 Å². The minimum Gasteiger partial charge on any atom is -0.450 e. The van der Waals surface area contributed by atoms with Crippen molar-refractivity contribution in [3.63, 3.8) is 0 Å². The average molecular weight is 410 g/mol. The summed E-state index contributed by atoms with van der Waals surface area (Å²) in [4.78, 5) is 16.1. The second-order valence-corrected chi connectivity index (χ2v) is 8.47. The lowest BCUT2D eigenvalue weighted by Crippen LogP contribution is -2.14. The maximum atomic E-state index is 13.7. The van der Waals surface area contributed by atoms with Crippen LogP contribution in [0.1, 0.15) is 50.5 Å². The molecule has 0 atom stereocenters. The molecule has 1 aliphatic carbocycles. The van der Waals surface area contributed by atoms with Crippen molar-refractivity contribution in [2.24, 2.45) is 11.7 Å². The SMILES string of the molecule is CC(C)c1nc(CCCOC(N)=O)n(CC2CC2)c1Sc1cc(F)cc(F)c1. The fraction of sp³-hybridized carbons (Fsp3) is 0.500. The van der Waals surface area contributed by atoms with Crippen LogP contribution in [0.15, 0.2) is 28.1 Å². The molecule has 2 N–H and O–H groups in total. The molecule has 1 aliphatic rings. The zero-order valence-corrected chi connectivity index (χ0v) is 16.9. The zero-order chi connectivity index (χ0) is 20.3. The number of aromatic nitrogens is 2. The smallest absolute Gasteiger partial charge is 0.404 e. The minimum absolute atomic E-state index is 0.168. The Hall–Kier alpha value is -2.09. The summed E-state index contributed by atoms with van der Waals surface area (Å²) in [5.41, 5.74) is 5.93. The van der Waals surface area contributed by atoms with Gasteiger partial charge in [-0.15, -0.1) is 0 Å². The predicted octanol–water partition coefficient (Wildman–Crippen LogP) is 4.87. The number of carbonyl (C=O) groups is 1. The molecular formula is C20H25F2N3O2S. The molecule has 8 heteroatoms. The van der Waals surface area contributed by atoms with Crippen LogP contribution in [0.4, 0.5) is 13.6 Å². The largest absolute Gasteiger partial charge is 0.450 e. The average Bonchev–Trinajstić information content (AvgIpc) is 3.34. The number of amides is 1. The van der Waals surface area contributed by atoms with E-state index in [1.54, 1.807) is 0 Å². The monoisotopic (exact) mass is 409 g/mol. The molecule has 1 amide bonds. The molecule has 0 bridgehead atoms. The molecule has 1 aromatic heterocycles. The molecule has 1 saturated carbocycles. The topological polar surface area (TPSA) is 70.1 Å². The maximum Gasteiger partial charge on any atom is 0.404 e. The lowest BCUT2D eigenvalue weighted by Gasteiger charge is -2.13. The number of hydrogen-bond acceptors (Lipinski definition) is 4. The molecule has 0 aliphatic heterocycles. The third-order valence-electron chi connectivity index (χ3n) is 4.55. The quantitative estimate of drug-likeness (QED) is 0.600. The van der Waals surface area contributed by atoms with Crippen molar-refractivity contribution in [2.45, 2.75) is 61.9 Å². The Balaban J connectivity index is 1.89. The molecule has 0 unspecified atom stereocenters. The second-order valence-electron chi connectivity index (χ2n) is 7.41. The van der Waals surface area contributed by atoms with Crippen LogP contribution in [0.3, 0.4) is 0 Å². The van der Waals surface area contributed by atoms with Crippen molar-refractivity contribution in [2.75, 3.05) is 6.61 Å². The fourth-order valence-electron chi connectivity index (χ4n) is 3.03. The van der Waals surface area contributed by atoms with Gasteiger partial charge in [0, 0.05) is 23.9 Å². The van der Waals surface area contributed by atoms with E-state index in [2.05, 4.69) is 18.4 Å². The standard InChI is InChI=1S/C20H25F2N3O2S/c1-12(2)18-19(28-16-9-14(21)8-15(22)10-16)25(11-13-5-6-13)17(24-18)4-3-7-27-20(23)26/h8-10,12-13H,3-7,11H2,1-2H3,(H2,23,26). The molecular weight excluding hydrogens is 384 g/mol. The lowest BCUT2D eigenvalue weighted by molar-refractivity contribution is 0.155. The lowest BCUT2D eigenvalue weighted by atomic mass is 10.1. The van der Waals surface area contributed by atoms with Crippen molar-refractivity contribution in [1.29, 1.82) is 0 Å². The van der Waals surface area contributed by atoms with E-state index in [1.807, 2.05) is 0 Å². The van der Waals surface area contributed by atoms with Gasteiger partial charge in [-0.25, -0.2) is 18.6 Å². The van der Waals surface area contributed by atoms with E-state index < -0.39 is 17.7 Å². The number of nitrogens with two attached hydrogens (primary N) is 1. The van der Waals surface area contributed by atoms with Crippen LogP contribution in [0.25, 0.3) is 0 Å². The van der Waals surface area contributed by atoms with Gasteiger partial charge in [0.25, 0.3) is 0 Å². The molecule has 152 valence electrons. The van der Waals surface area contributed by atoms with Crippen LogP contribution >= 0.6 is 11.8 Å². The summed E-state index contributed by atoms with van der Waals surface area (Å²) in [5.74, 6) is 0.500. The highest BCUT2D eigenvalue weighted by atomic mass is 32.2. The summed E-state index contributed by atoms with van der Waals surface area (Å²) in [5, 5.41) is 0.928. The van der Waals surface area contributed by atoms with Crippen molar-refractivity contribution in [3.05, 3.63) is 41.4 Å². The maximum absolute atomic E-state index is 13.7.